The zero-order chi connectivity index (χ0) is 26.0. The van der Waals surface area contributed by atoms with Gasteiger partial charge in [-0.25, -0.2) is 9.18 Å². The lowest BCUT2D eigenvalue weighted by atomic mass is 9.82. The number of ether oxygens (including phenoxy) is 2. The maximum Gasteiger partial charge on any atom is 0.317 e. The number of hydrogen-bond acceptors (Lipinski definition) is 5. The number of likely N-dealkylation sites (N-methyl/N-ethyl adjacent to an activating group) is 1. The fourth-order valence-electron chi connectivity index (χ4n) is 5.60. The number of carbonyl (C=O) groups is 1. The standard InChI is InChI=1S/C27H43ClFN3O4/c1-30-18-21(17-20-9-4-3-5-10-20)31-26(33)32-14-16-36-24(19-32)27(34,13-6-7-15-35-2)22-11-8-12-23(28)25(22)29/h8,11-12,20-21,24,30,34H,3-7,9-10,13-19H2,1-2H3,(H,31,33)/t21?,24?,27-/m1/s1. The molecule has 1 aromatic rings. The number of rotatable bonds is 12. The van der Waals surface area contributed by atoms with Crippen molar-refractivity contribution in [1.29, 1.82) is 0 Å². The normalized spacial score (nSPS) is 21.7. The highest BCUT2D eigenvalue weighted by atomic mass is 35.5. The highest BCUT2D eigenvalue weighted by molar-refractivity contribution is 6.30. The van der Waals surface area contributed by atoms with E-state index in [2.05, 4.69) is 10.6 Å². The van der Waals surface area contributed by atoms with E-state index in [1.807, 2.05) is 7.05 Å². The van der Waals surface area contributed by atoms with Gasteiger partial charge in [-0.3, -0.25) is 0 Å². The van der Waals surface area contributed by atoms with Crippen molar-refractivity contribution in [1.82, 2.24) is 15.5 Å². The minimum atomic E-state index is -1.63. The summed E-state index contributed by atoms with van der Waals surface area (Å²) in [6.45, 7) is 2.08. The molecule has 2 fully saturated rings. The summed E-state index contributed by atoms with van der Waals surface area (Å²) in [4.78, 5) is 15.0. The number of nitrogens with one attached hydrogen (secondary N) is 2. The molecule has 204 valence electrons. The summed E-state index contributed by atoms with van der Waals surface area (Å²) in [6.07, 6.45) is 8.02. The fourth-order valence-corrected chi connectivity index (χ4v) is 5.78. The fraction of sp³-hybridized carbons (Fsp3) is 0.741. The number of amides is 2. The second kappa shape index (κ2) is 14.5. The van der Waals surface area contributed by atoms with Crippen molar-refractivity contribution in [3.8, 4) is 0 Å². The molecule has 0 bridgehead atoms. The Labute approximate surface area is 220 Å². The Balaban J connectivity index is 1.72. The van der Waals surface area contributed by atoms with E-state index in [0.29, 0.717) is 38.5 Å². The van der Waals surface area contributed by atoms with Gasteiger partial charge in [-0.05, 0) is 44.7 Å². The minimum absolute atomic E-state index is 0.0326. The number of halogens is 2. The first kappa shape index (κ1) is 29.1. The van der Waals surface area contributed by atoms with Crippen molar-refractivity contribution in [3.63, 3.8) is 0 Å². The molecule has 1 saturated carbocycles. The molecule has 36 heavy (non-hydrogen) atoms. The van der Waals surface area contributed by atoms with E-state index in [0.717, 1.165) is 6.42 Å². The highest BCUT2D eigenvalue weighted by Gasteiger charge is 2.44. The van der Waals surface area contributed by atoms with Crippen molar-refractivity contribution < 1.29 is 23.8 Å². The summed E-state index contributed by atoms with van der Waals surface area (Å²) in [5, 5.41) is 18.2. The Bertz CT molecular complexity index is 826. The van der Waals surface area contributed by atoms with Gasteiger partial charge in [-0.2, -0.15) is 0 Å². The number of carbonyl (C=O) groups excluding carboxylic acids is 1. The molecule has 3 N–H and O–H groups in total. The maximum atomic E-state index is 15.1. The van der Waals surface area contributed by atoms with Crippen LogP contribution in [0.25, 0.3) is 0 Å². The van der Waals surface area contributed by atoms with E-state index >= 15 is 4.39 Å². The van der Waals surface area contributed by atoms with E-state index in [-0.39, 0.29) is 42.2 Å². The molecule has 1 aliphatic carbocycles. The van der Waals surface area contributed by atoms with Gasteiger partial charge in [-0.15, -0.1) is 0 Å². The summed E-state index contributed by atoms with van der Waals surface area (Å²) < 4.78 is 26.2. The van der Waals surface area contributed by atoms with E-state index < -0.39 is 17.5 Å². The third-order valence-corrected chi connectivity index (χ3v) is 7.87. The van der Waals surface area contributed by atoms with Crippen LogP contribution in [-0.4, -0.2) is 75.2 Å². The van der Waals surface area contributed by atoms with Gasteiger partial charge in [0, 0.05) is 38.4 Å². The van der Waals surface area contributed by atoms with Gasteiger partial charge in [0.05, 0.1) is 18.2 Å². The Morgan fingerprint density at radius 2 is 2.11 bits per heavy atom. The van der Waals surface area contributed by atoms with Gasteiger partial charge < -0.3 is 30.1 Å². The van der Waals surface area contributed by atoms with E-state index in [9.17, 15) is 9.90 Å². The van der Waals surface area contributed by atoms with Gasteiger partial charge in [0.2, 0.25) is 0 Å². The molecule has 1 aromatic carbocycles. The Hall–Kier alpha value is -1.45. The van der Waals surface area contributed by atoms with Crippen molar-refractivity contribution >= 4 is 17.6 Å². The van der Waals surface area contributed by atoms with Crippen LogP contribution in [0.4, 0.5) is 9.18 Å². The summed E-state index contributed by atoms with van der Waals surface area (Å²) in [5.41, 5.74) is -1.53. The number of nitrogens with zero attached hydrogens (tertiary/aromatic N) is 1. The van der Waals surface area contributed by atoms with Crippen LogP contribution in [0.5, 0.6) is 0 Å². The van der Waals surface area contributed by atoms with Crippen LogP contribution >= 0.6 is 11.6 Å². The van der Waals surface area contributed by atoms with Gasteiger partial charge in [0.15, 0.2) is 0 Å². The molecule has 1 heterocycles. The number of urea groups is 1. The zero-order valence-electron chi connectivity index (χ0n) is 21.7. The maximum absolute atomic E-state index is 15.1. The number of unbranched alkanes of at least 4 members (excludes halogenated alkanes) is 1. The average Bonchev–Trinajstić information content (AvgIpc) is 2.89. The summed E-state index contributed by atoms with van der Waals surface area (Å²) in [6, 6.07) is 4.49. The molecule has 1 aliphatic heterocycles. The van der Waals surface area contributed by atoms with Crippen LogP contribution in [-0.2, 0) is 15.1 Å². The average molecular weight is 528 g/mol. The molecule has 2 amide bonds. The summed E-state index contributed by atoms with van der Waals surface area (Å²) >= 11 is 6.06. The first-order valence-corrected chi connectivity index (χ1v) is 13.7. The molecule has 7 nitrogen and oxygen atoms in total. The molecule has 0 radical (unpaired) electrons. The molecule has 2 unspecified atom stereocenters. The number of methoxy groups -OCH3 is 1. The first-order valence-electron chi connectivity index (χ1n) is 13.4. The molecular weight excluding hydrogens is 485 g/mol. The Morgan fingerprint density at radius 1 is 1.33 bits per heavy atom. The first-order chi connectivity index (χ1) is 17.4. The predicted molar refractivity (Wildman–Crippen MR) is 140 cm³/mol. The lowest BCUT2D eigenvalue weighted by Crippen LogP contribution is -2.58. The van der Waals surface area contributed by atoms with Gasteiger partial charge in [-0.1, -0.05) is 55.8 Å². The number of benzene rings is 1. The molecule has 1 saturated heterocycles. The molecular formula is C27H43ClFN3O4. The van der Waals surface area contributed by atoms with Crippen LogP contribution < -0.4 is 10.6 Å². The van der Waals surface area contributed by atoms with Crippen LogP contribution in [0.3, 0.4) is 0 Å². The van der Waals surface area contributed by atoms with Crippen LogP contribution in [0.15, 0.2) is 18.2 Å². The lowest BCUT2D eigenvalue weighted by molar-refractivity contribution is -0.147. The Kier molecular flexibility index (Phi) is 11.7. The quantitative estimate of drug-likeness (QED) is 0.350. The number of aliphatic hydroxyl groups is 1. The van der Waals surface area contributed by atoms with E-state index in [1.54, 1.807) is 24.1 Å². The summed E-state index contributed by atoms with van der Waals surface area (Å²) in [5.74, 6) is -0.0158. The molecule has 3 rings (SSSR count). The third kappa shape index (κ3) is 7.78. The zero-order valence-corrected chi connectivity index (χ0v) is 22.5. The van der Waals surface area contributed by atoms with Crippen LogP contribution in [0, 0.1) is 11.7 Å². The molecule has 9 heteroatoms. The molecule has 3 atom stereocenters. The lowest BCUT2D eigenvalue weighted by Gasteiger charge is -2.43. The largest absolute Gasteiger partial charge is 0.385 e. The van der Waals surface area contributed by atoms with E-state index in [4.69, 9.17) is 21.1 Å². The second-order valence-corrected chi connectivity index (χ2v) is 10.6. The topological polar surface area (TPSA) is 83.1 Å². The molecule has 0 aromatic heterocycles. The predicted octanol–water partition coefficient (Wildman–Crippen LogP) is 4.45. The minimum Gasteiger partial charge on any atom is -0.385 e. The monoisotopic (exact) mass is 527 g/mol. The number of morpholine rings is 1. The van der Waals surface area contributed by atoms with Crippen LogP contribution in [0.1, 0.15) is 63.4 Å². The second-order valence-electron chi connectivity index (χ2n) is 10.2. The Morgan fingerprint density at radius 3 is 2.83 bits per heavy atom. The van der Waals surface area contributed by atoms with Gasteiger partial charge in [0.1, 0.15) is 17.5 Å². The van der Waals surface area contributed by atoms with Crippen LogP contribution in [0.2, 0.25) is 5.02 Å². The highest BCUT2D eigenvalue weighted by Crippen LogP contribution is 2.37. The van der Waals surface area contributed by atoms with E-state index in [1.165, 1.54) is 38.2 Å². The van der Waals surface area contributed by atoms with Crippen molar-refractivity contribution in [2.24, 2.45) is 5.92 Å². The summed E-state index contributed by atoms with van der Waals surface area (Å²) in [7, 11) is 3.52. The SMILES string of the molecule is CNCC(CC1CCCCC1)NC(=O)N1CCOC([C@@](O)(CCCCOC)c2cccc(Cl)c2F)C1. The smallest absolute Gasteiger partial charge is 0.317 e. The van der Waals surface area contributed by atoms with Crippen molar-refractivity contribution in [2.45, 2.75) is 75.5 Å². The third-order valence-electron chi connectivity index (χ3n) is 7.58. The van der Waals surface area contributed by atoms with Gasteiger partial charge in [0.25, 0.3) is 0 Å². The number of hydrogen-bond donors (Lipinski definition) is 3. The van der Waals surface area contributed by atoms with Crippen molar-refractivity contribution in [2.75, 3.05) is 47.0 Å². The van der Waals surface area contributed by atoms with Crippen molar-refractivity contribution in [3.05, 3.63) is 34.6 Å². The van der Waals surface area contributed by atoms with Gasteiger partial charge >= 0.3 is 6.03 Å². The molecule has 2 aliphatic rings. The molecule has 0 spiro atoms.